The lowest BCUT2D eigenvalue weighted by atomic mass is 10.6. The van der Waals surface area contributed by atoms with Crippen molar-refractivity contribution in [2.45, 2.75) is 12.5 Å². The maximum absolute atomic E-state index is 11.6. The highest BCUT2D eigenvalue weighted by molar-refractivity contribution is 7.12. The number of hydrogen-bond acceptors (Lipinski definition) is 2. The molecule has 0 atom stereocenters. The molecule has 0 saturated carbocycles. The van der Waals surface area contributed by atoms with Gasteiger partial charge in [-0.25, -0.2) is 0 Å². The maximum atomic E-state index is 11.6. The van der Waals surface area contributed by atoms with Crippen LogP contribution in [0.1, 0.15) is 6.42 Å². The molecule has 0 aliphatic carbocycles. The van der Waals surface area contributed by atoms with Gasteiger partial charge in [-0.05, 0) is 6.42 Å². The zero-order valence-corrected chi connectivity index (χ0v) is 7.95. The Morgan fingerprint density at radius 2 is 1.90 bits per heavy atom. The fraction of sp³-hybridized carbons (Fsp3) is 1.00. The van der Waals surface area contributed by atoms with Crippen LogP contribution in [0.3, 0.4) is 0 Å². The van der Waals surface area contributed by atoms with Crippen molar-refractivity contribution in [1.29, 1.82) is 0 Å². The van der Waals surface area contributed by atoms with E-state index in [2.05, 4.69) is 0 Å². The first-order valence-corrected chi connectivity index (χ1v) is 6.07. The van der Waals surface area contributed by atoms with Crippen LogP contribution in [0.25, 0.3) is 0 Å². The molecule has 62 valence electrons. The Morgan fingerprint density at radius 3 is 2.20 bits per heavy atom. The highest BCUT2D eigenvalue weighted by Crippen LogP contribution is 2.18. The molecular weight excluding hydrogens is 175 g/mol. The van der Waals surface area contributed by atoms with Gasteiger partial charge < -0.3 is 8.85 Å². The van der Waals surface area contributed by atoms with Gasteiger partial charge in [0.2, 0.25) is 0 Å². The fourth-order valence-electron chi connectivity index (χ4n) is 0.565. The summed E-state index contributed by atoms with van der Waals surface area (Å²) in [5.74, 6) is 0. The molecule has 0 bridgehead atoms. The summed E-state index contributed by atoms with van der Waals surface area (Å²) < 4.78 is 21.5. The van der Waals surface area contributed by atoms with Crippen molar-refractivity contribution >= 4 is 18.9 Å². The molecule has 0 aromatic heterocycles. The summed E-state index contributed by atoms with van der Waals surface area (Å²) in [7, 11) is 0.488. The molecule has 0 radical (unpaired) electrons. The Balaban J connectivity index is 3.58. The summed E-state index contributed by atoms with van der Waals surface area (Å²) in [6.45, 7) is -0.367. The Kier molecular flexibility index (Phi) is 5.25. The molecule has 0 fully saturated rings. The van der Waals surface area contributed by atoms with E-state index in [-0.39, 0.29) is 6.67 Å². The fourth-order valence-corrected chi connectivity index (χ4v) is 2.10. The molecule has 0 spiro atoms. The van der Waals surface area contributed by atoms with Crippen LogP contribution in [0.2, 0.25) is 6.04 Å². The first kappa shape index (κ1) is 10.4. The average Bonchev–Trinajstić information content (AvgIpc) is 2.00. The maximum Gasteiger partial charge on any atom is 0.442 e. The molecule has 0 heterocycles. The van der Waals surface area contributed by atoms with Crippen LogP contribution in [-0.4, -0.2) is 28.8 Å². The molecule has 0 rings (SSSR count). The summed E-state index contributed by atoms with van der Waals surface area (Å²) in [6.07, 6.45) is 0.414. The van der Waals surface area contributed by atoms with E-state index in [1.54, 1.807) is 0 Å². The van der Waals surface area contributed by atoms with Gasteiger partial charge in [0, 0.05) is 20.3 Å². The van der Waals surface area contributed by atoms with E-state index < -0.39 is 7.87 Å². The van der Waals surface area contributed by atoms with Crippen LogP contribution in [0.15, 0.2) is 0 Å². The van der Waals surface area contributed by atoms with Crippen molar-refractivity contribution in [3.05, 3.63) is 0 Å². The van der Waals surface area contributed by atoms with Crippen LogP contribution >= 0.6 is 11.1 Å². The van der Waals surface area contributed by atoms with E-state index >= 15 is 0 Å². The van der Waals surface area contributed by atoms with Crippen molar-refractivity contribution in [1.82, 2.24) is 0 Å². The molecule has 0 saturated heterocycles. The SMILES string of the molecule is CO[Si](Cl)(CCCF)OC. The zero-order chi connectivity index (χ0) is 8.04. The third-order valence-corrected chi connectivity index (χ3v) is 4.88. The summed E-state index contributed by atoms with van der Waals surface area (Å²) >= 11 is 5.81. The molecular formula is C5H12ClFO2Si. The lowest BCUT2D eigenvalue weighted by molar-refractivity contribution is 0.263. The van der Waals surface area contributed by atoms with Gasteiger partial charge >= 0.3 is 7.87 Å². The van der Waals surface area contributed by atoms with Gasteiger partial charge in [0.1, 0.15) is 0 Å². The Morgan fingerprint density at radius 1 is 1.40 bits per heavy atom. The molecule has 0 aromatic rings. The van der Waals surface area contributed by atoms with Crippen LogP contribution in [-0.2, 0) is 8.85 Å². The van der Waals surface area contributed by atoms with Gasteiger partial charge in [-0.3, -0.25) is 4.39 Å². The molecule has 0 unspecified atom stereocenters. The van der Waals surface area contributed by atoms with Gasteiger partial charge in [0.25, 0.3) is 0 Å². The topological polar surface area (TPSA) is 18.5 Å². The minimum absolute atomic E-state index is 0.367. The van der Waals surface area contributed by atoms with E-state index in [1.807, 2.05) is 0 Å². The summed E-state index contributed by atoms with van der Waals surface area (Å²) in [6, 6.07) is 0.498. The molecule has 0 N–H and O–H groups in total. The first-order chi connectivity index (χ1) is 4.68. The molecule has 0 aliphatic heterocycles. The first-order valence-electron chi connectivity index (χ1n) is 3.03. The van der Waals surface area contributed by atoms with E-state index in [1.165, 1.54) is 14.2 Å². The minimum Gasteiger partial charge on any atom is -0.386 e. The van der Waals surface area contributed by atoms with Crippen molar-refractivity contribution in [3.63, 3.8) is 0 Å². The average molecular weight is 187 g/mol. The van der Waals surface area contributed by atoms with Crippen molar-refractivity contribution in [2.75, 3.05) is 20.9 Å². The monoisotopic (exact) mass is 186 g/mol. The van der Waals surface area contributed by atoms with Crippen LogP contribution < -0.4 is 0 Å². The summed E-state index contributed by atoms with van der Waals surface area (Å²) in [5, 5.41) is 0. The van der Waals surface area contributed by atoms with E-state index in [0.717, 1.165) is 0 Å². The molecule has 0 aromatic carbocycles. The van der Waals surface area contributed by atoms with Crippen molar-refractivity contribution < 1.29 is 13.2 Å². The number of halogens is 2. The molecule has 10 heavy (non-hydrogen) atoms. The van der Waals surface area contributed by atoms with Crippen LogP contribution in [0.4, 0.5) is 4.39 Å². The lowest BCUT2D eigenvalue weighted by Gasteiger charge is -2.18. The van der Waals surface area contributed by atoms with E-state index in [9.17, 15) is 4.39 Å². The highest BCUT2D eigenvalue weighted by Gasteiger charge is 2.32. The normalized spacial score (nSPS) is 12.0. The van der Waals surface area contributed by atoms with Gasteiger partial charge in [0.05, 0.1) is 6.67 Å². The predicted molar refractivity (Wildman–Crippen MR) is 41.0 cm³/mol. The number of hydrogen-bond donors (Lipinski definition) is 0. The Hall–Kier alpha value is 0.357. The van der Waals surface area contributed by atoms with Gasteiger partial charge in [-0.15, -0.1) is 0 Å². The third-order valence-electron chi connectivity index (χ3n) is 1.22. The predicted octanol–water partition coefficient (Wildman–Crippen LogP) is 1.82. The Bertz CT molecular complexity index is 89.7. The Labute approximate surface area is 66.2 Å². The van der Waals surface area contributed by atoms with Crippen molar-refractivity contribution in [3.8, 4) is 0 Å². The lowest BCUT2D eigenvalue weighted by Crippen LogP contribution is -2.33. The zero-order valence-electron chi connectivity index (χ0n) is 6.19. The second kappa shape index (κ2) is 5.07. The molecule has 2 nitrogen and oxygen atoms in total. The molecule has 0 aliphatic rings. The standard InChI is InChI=1S/C5H12ClFO2Si/c1-8-10(6,9-2)5-3-4-7/h3-5H2,1-2H3. The summed E-state index contributed by atoms with van der Waals surface area (Å²) in [4.78, 5) is 0. The van der Waals surface area contributed by atoms with Crippen LogP contribution in [0.5, 0.6) is 0 Å². The van der Waals surface area contributed by atoms with Crippen LogP contribution in [0, 0.1) is 0 Å². The smallest absolute Gasteiger partial charge is 0.386 e. The minimum atomic E-state index is -2.49. The van der Waals surface area contributed by atoms with Gasteiger partial charge in [-0.1, -0.05) is 11.1 Å². The van der Waals surface area contributed by atoms with E-state index in [4.69, 9.17) is 19.9 Å². The highest BCUT2D eigenvalue weighted by atomic mass is 35.6. The number of alkyl halides is 1. The quantitative estimate of drug-likeness (QED) is 0.482. The second-order valence-corrected chi connectivity index (χ2v) is 6.22. The third kappa shape index (κ3) is 3.51. The largest absolute Gasteiger partial charge is 0.442 e. The van der Waals surface area contributed by atoms with Gasteiger partial charge in [0.15, 0.2) is 0 Å². The van der Waals surface area contributed by atoms with Gasteiger partial charge in [-0.2, -0.15) is 0 Å². The van der Waals surface area contributed by atoms with E-state index in [0.29, 0.717) is 12.5 Å². The second-order valence-electron chi connectivity index (χ2n) is 1.86. The van der Waals surface area contributed by atoms with Crippen molar-refractivity contribution in [2.24, 2.45) is 0 Å². The number of rotatable bonds is 5. The summed E-state index contributed by atoms with van der Waals surface area (Å²) in [5.41, 5.74) is 0. The molecule has 5 heteroatoms. The molecule has 0 amide bonds.